The molecule has 0 aromatic heterocycles. The number of aliphatic imine (C=N–C) groups is 1. The molecule has 2 heterocycles. The van der Waals surface area contributed by atoms with Gasteiger partial charge in [0.15, 0.2) is 5.96 Å². The fourth-order valence-corrected chi connectivity index (χ4v) is 5.10. The molecule has 9 N–H and O–H groups in total. The number of hydrogen-bond acceptors (Lipinski definition) is 9. The molecule has 240 valence electrons. The Balaban J connectivity index is 0.00000924. The third-order valence-electron chi connectivity index (χ3n) is 7.07. The Morgan fingerprint density at radius 1 is 1.21 bits per heavy atom. The Morgan fingerprint density at radius 3 is 2.51 bits per heavy atom. The predicted molar refractivity (Wildman–Crippen MR) is 163 cm³/mol. The highest BCUT2D eigenvalue weighted by Crippen LogP contribution is 2.35. The van der Waals surface area contributed by atoms with Crippen molar-refractivity contribution in [3.05, 3.63) is 10.4 Å². The van der Waals surface area contributed by atoms with Gasteiger partial charge in [0.2, 0.25) is 23.6 Å². The van der Waals surface area contributed by atoms with Crippen LogP contribution in [0.4, 0.5) is 0 Å². The standard InChI is InChI=1S/C23H38N11O7P.H2S/c1-11(35)7-15(22(40)41)30-17(36)10-28-19(37)14(3-2-6-27-23(25)32-42)31-20(38)16-5-4-13-8-12(9-29-33-26)18(24)21(39)34(13)16;/h12-16,18H,2-10,24,42H2,1H3,(H,28,37)(H,30,36)(H,31,38)(H,40,41)(H3,25,27,32);1H2/t12-,13-,14-,15-,16-,18+;/m0./s1. The van der Waals surface area contributed by atoms with Gasteiger partial charge < -0.3 is 42.5 Å². The Labute approximate surface area is 257 Å². The van der Waals surface area contributed by atoms with Crippen molar-refractivity contribution in [3.63, 3.8) is 0 Å². The molecule has 7 atom stereocenters. The van der Waals surface area contributed by atoms with Crippen molar-refractivity contribution in [1.29, 1.82) is 0 Å². The maximum atomic E-state index is 13.3. The number of guanidine groups is 1. The second-order valence-corrected chi connectivity index (χ2v) is 10.4. The smallest absolute Gasteiger partial charge is 0.326 e. The van der Waals surface area contributed by atoms with Crippen LogP contribution in [0.3, 0.4) is 0 Å². The molecule has 2 aliphatic rings. The third kappa shape index (κ3) is 11.2. The number of amides is 4. The summed E-state index contributed by atoms with van der Waals surface area (Å²) in [5, 5.41) is 22.5. The molecule has 2 rings (SSSR count). The van der Waals surface area contributed by atoms with E-state index in [0.717, 1.165) is 0 Å². The Bertz CT molecular complexity index is 1140. The van der Waals surface area contributed by atoms with E-state index in [1.54, 1.807) is 0 Å². The number of azide groups is 1. The normalized spacial score (nSPS) is 22.5. The number of ketones is 1. The molecule has 0 radical (unpaired) electrons. The van der Waals surface area contributed by atoms with E-state index in [-0.39, 0.29) is 50.9 Å². The van der Waals surface area contributed by atoms with E-state index < -0.39 is 72.5 Å². The highest BCUT2D eigenvalue weighted by Gasteiger charge is 2.48. The molecule has 0 aromatic rings. The quantitative estimate of drug-likeness (QED) is 0.0191. The lowest BCUT2D eigenvalue weighted by atomic mass is 9.87. The number of carboxylic acids is 1. The minimum atomic E-state index is -1.45. The molecule has 43 heavy (non-hydrogen) atoms. The van der Waals surface area contributed by atoms with Crippen molar-refractivity contribution in [3.8, 4) is 0 Å². The number of nitrogens with two attached hydrogens (primary N) is 2. The molecule has 0 bridgehead atoms. The number of fused-ring (bicyclic) bond motifs is 1. The van der Waals surface area contributed by atoms with Crippen molar-refractivity contribution >= 4 is 64.2 Å². The summed E-state index contributed by atoms with van der Waals surface area (Å²) in [6.45, 7) is 0.869. The van der Waals surface area contributed by atoms with Crippen LogP contribution in [0.5, 0.6) is 0 Å². The van der Waals surface area contributed by atoms with Gasteiger partial charge in [0, 0.05) is 30.5 Å². The van der Waals surface area contributed by atoms with E-state index >= 15 is 0 Å². The summed E-state index contributed by atoms with van der Waals surface area (Å²) >= 11 is 0. The van der Waals surface area contributed by atoms with Gasteiger partial charge in [0.05, 0.1) is 12.6 Å². The number of nitrogens with zero attached hydrogens (tertiary/aromatic N) is 5. The number of hydrogen-bond donors (Lipinski definition) is 7. The van der Waals surface area contributed by atoms with Crippen LogP contribution in [0.1, 0.15) is 45.4 Å². The van der Waals surface area contributed by atoms with Gasteiger partial charge in [0.25, 0.3) is 0 Å². The molecule has 0 spiro atoms. The summed E-state index contributed by atoms with van der Waals surface area (Å²) < 4.78 is 0. The van der Waals surface area contributed by atoms with Gasteiger partial charge in [0.1, 0.15) is 23.9 Å². The van der Waals surface area contributed by atoms with Gasteiger partial charge in [-0.15, -0.1) is 0 Å². The SMILES string of the molecule is CC(=O)C[C@H](NC(=O)CNC(=O)[C@H](CCCN=C(N)NP)NC(=O)[C@@H]1CC[C@H]2C[C@@H](CN=[N+]=[N-])[C@@H](N)C(=O)N21)C(=O)O.S. The monoisotopic (exact) mass is 645 g/mol. The van der Waals surface area contributed by atoms with Gasteiger partial charge in [-0.2, -0.15) is 13.5 Å². The first-order valence-electron chi connectivity index (χ1n) is 13.3. The van der Waals surface area contributed by atoms with Gasteiger partial charge in [-0.25, -0.2) is 4.79 Å². The number of carbonyl (C=O) groups excluding carboxylic acids is 5. The molecule has 2 aliphatic heterocycles. The zero-order valence-electron chi connectivity index (χ0n) is 23.7. The van der Waals surface area contributed by atoms with E-state index in [1.165, 1.54) is 11.8 Å². The lowest BCUT2D eigenvalue weighted by Gasteiger charge is -2.40. The Hall–Kier alpha value is -3.66. The maximum absolute atomic E-state index is 13.3. The molecule has 2 fully saturated rings. The number of aliphatic carboxylic acids is 1. The van der Waals surface area contributed by atoms with E-state index in [1.807, 2.05) is 0 Å². The molecule has 2 saturated heterocycles. The number of carboxylic acid groups (broad SMARTS) is 1. The number of nitrogens with one attached hydrogen (secondary N) is 4. The largest absolute Gasteiger partial charge is 0.480 e. The average Bonchev–Trinajstić information content (AvgIpc) is 3.37. The van der Waals surface area contributed by atoms with Gasteiger partial charge >= 0.3 is 5.97 Å². The molecule has 0 saturated carbocycles. The van der Waals surface area contributed by atoms with E-state index in [4.69, 9.17) is 17.0 Å². The zero-order valence-corrected chi connectivity index (χ0v) is 25.8. The van der Waals surface area contributed by atoms with Crippen LogP contribution in [-0.2, 0) is 28.8 Å². The highest BCUT2D eigenvalue weighted by molar-refractivity contribution is 7.59. The maximum Gasteiger partial charge on any atom is 0.326 e. The van der Waals surface area contributed by atoms with Crippen LogP contribution in [0.15, 0.2) is 10.1 Å². The minimum Gasteiger partial charge on any atom is -0.480 e. The van der Waals surface area contributed by atoms with Crippen LogP contribution in [-0.4, -0.2) is 101 Å². The first-order valence-corrected chi connectivity index (χ1v) is 13.9. The van der Waals surface area contributed by atoms with Crippen molar-refractivity contribution in [1.82, 2.24) is 25.9 Å². The van der Waals surface area contributed by atoms with Crippen molar-refractivity contribution < 1.29 is 33.9 Å². The molecule has 18 nitrogen and oxygen atoms in total. The van der Waals surface area contributed by atoms with Gasteiger partial charge in [-0.3, -0.25) is 29.0 Å². The molecular weight excluding hydrogens is 605 g/mol. The summed E-state index contributed by atoms with van der Waals surface area (Å²) in [5.41, 5.74) is 20.3. The van der Waals surface area contributed by atoms with Crippen LogP contribution in [0.2, 0.25) is 0 Å². The third-order valence-corrected chi connectivity index (χ3v) is 7.36. The van der Waals surface area contributed by atoms with Crippen LogP contribution < -0.4 is 32.5 Å². The summed E-state index contributed by atoms with van der Waals surface area (Å²) in [4.78, 5) is 82.5. The van der Waals surface area contributed by atoms with E-state index in [9.17, 15) is 33.9 Å². The lowest BCUT2D eigenvalue weighted by Crippen LogP contribution is -2.61. The molecule has 1 unspecified atom stereocenters. The van der Waals surface area contributed by atoms with Crippen molar-refractivity contribution in [2.45, 2.75) is 75.7 Å². The zero-order chi connectivity index (χ0) is 31.4. The fourth-order valence-electron chi connectivity index (χ4n) is 5.01. The Kier molecular flexibility index (Phi) is 15.7. The number of rotatable bonds is 15. The summed E-state index contributed by atoms with van der Waals surface area (Å²) in [5.74, 6) is -4.61. The van der Waals surface area contributed by atoms with Crippen LogP contribution >= 0.6 is 22.9 Å². The lowest BCUT2D eigenvalue weighted by molar-refractivity contribution is -0.146. The van der Waals surface area contributed by atoms with Crippen molar-refractivity contribution in [2.75, 3.05) is 19.6 Å². The van der Waals surface area contributed by atoms with Gasteiger partial charge in [-0.05, 0) is 59.9 Å². The molecule has 4 amide bonds. The molecule has 0 aliphatic carbocycles. The fraction of sp³-hybridized carbons (Fsp3) is 0.696. The Morgan fingerprint density at radius 2 is 1.91 bits per heavy atom. The van der Waals surface area contributed by atoms with Crippen molar-refractivity contribution in [2.24, 2.45) is 27.5 Å². The average molecular weight is 646 g/mol. The first-order chi connectivity index (χ1) is 19.9. The predicted octanol–water partition coefficient (Wildman–Crippen LogP) is -2.26. The van der Waals surface area contributed by atoms with Gasteiger partial charge in [-0.1, -0.05) is 5.11 Å². The molecular formula is C23H40N11O7PS. The van der Waals surface area contributed by atoms with E-state index in [0.29, 0.717) is 25.7 Å². The second kappa shape index (κ2) is 18.1. The summed E-state index contributed by atoms with van der Waals surface area (Å²) in [7, 11) is 2.19. The van der Waals surface area contributed by atoms with E-state index in [2.05, 4.69) is 45.4 Å². The number of piperidine rings is 1. The second-order valence-electron chi connectivity index (χ2n) is 10.1. The number of Topliss-reactive ketones (excluding diaryl/α,β-unsaturated/α-hetero) is 1. The summed E-state index contributed by atoms with van der Waals surface area (Å²) in [6.07, 6.45) is 1.34. The number of carbonyl (C=O) groups is 6. The molecule has 20 heteroatoms. The summed E-state index contributed by atoms with van der Waals surface area (Å²) in [6, 6.07) is -4.65. The minimum absolute atomic E-state index is 0. The van der Waals surface area contributed by atoms with Crippen LogP contribution in [0.25, 0.3) is 10.4 Å². The highest BCUT2D eigenvalue weighted by atomic mass is 32.1. The first kappa shape index (κ1) is 37.4. The molecule has 0 aromatic carbocycles. The topological polar surface area (TPSA) is 287 Å². The van der Waals surface area contributed by atoms with Crippen LogP contribution in [0, 0.1) is 5.92 Å².